The van der Waals surface area contributed by atoms with Crippen LogP contribution in [0.1, 0.15) is 17.5 Å². The normalized spacial score (nSPS) is 26.7. The van der Waals surface area contributed by atoms with Gasteiger partial charge in [0.05, 0.1) is 6.61 Å². The zero-order valence-electron chi connectivity index (χ0n) is 8.59. The summed E-state index contributed by atoms with van der Waals surface area (Å²) in [7, 11) is 0. The number of hydrogen-bond donors (Lipinski definition) is 2. The number of rotatable bonds is 2. The summed E-state index contributed by atoms with van der Waals surface area (Å²) in [5.74, 6) is 0. The standard InChI is InChI=1S/C12H17NO/c1-10-2-4-11(5-3-10)12(9-14)6-7-13-8-12/h2-5,13-14H,6-9H2,1H3. The van der Waals surface area contributed by atoms with Crippen molar-refractivity contribution in [2.45, 2.75) is 18.8 Å². The van der Waals surface area contributed by atoms with Crippen molar-refractivity contribution in [1.29, 1.82) is 0 Å². The molecule has 0 amide bonds. The Bertz CT molecular complexity index is 299. The van der Waals surface area contributed by atoms with Gasteiger partial charge in [0.2, 0.25) is 0 Å². The maximum Gasteiger partial charge on any atom is 0.0540 e. The third kappa shape index (κ3) is 1.56. The first kappa shape index (κ1) is 9.69. The van der Waals surface area contributed by atoms with E-state index in [1.54, 1.807) is 0 Å². The van der Waals surface area contributed by atoms with Gasteiger partial charge < -0.3 is 10.4 Å². The van der Waals surface area contributed by atoms with Gasteiger partial charge in [-0.05, 0) is 25.5 Å². The first-order valence-corrected chi connectivity index (χ1v) is 5.16. The molecule has 0 aliphatic carbocycles. The Morgan fingerprint density at radius 3 is 2.57 bits per heavy atom. The van der Waals surface area contributed by atoms with E-state index in [2.05, 4.69) is 36.5 Å². The Hall–Kier alpha value is -0.860. The largest absolute Gasteiger partial charge is 0.395 e. The molecule has 14 heavy (non-hydrogen) atoms. The van der Waals surface area contributed by atoms with Crippen LogP contribution in [0.3, 0.4) is 0 Å². The lowest BCUT2D eigenvalue weighted by Crippen LogP contribution is -2.32. The van der Waals surface area contributed by atoms with Gasteiger partial charge in [-0.25, -0.2) is 0 Å². The van der Waals surface area contributed by atoms with E-state index in [1.165, 1.54) is 11.1 Å². The predicted molar refractivity (Wildman–Crippen MR) is 57.4 cm³/mol. The fourth-order valence-corrected chi connectivity index (χ4v) is 2.12. The minimum absolute atomic E-state index is 0.0340. The summed E-state index contributed by atoms with van der Waals surface area (Å²) < 4.78 is 0. The summed E-state index contributed by atoms with van der Waals surface area (Å²) in [5.41, 5.74) is 2.50. The molecule has 1 aromatic carbocycles. The zero-order chi connectivity index (χ0) is 10.0. The van der Waals surface area contributed by atoms with Gasteiger partial charge in [0.25, 0.3) is 0 Å². The van der Waals surface area contributed by atoms with Crippen LogP contribution in [0, 0.1) is 6.92 Å². The number of benzene rings is 1. The van der Waals surface area contributed by atoms with E-state index in [9.17, 15) is 5.11 Å². The fourth-order valence-electron chi connectivity index (χ4n) is 2.12. The molecule has 2 heteroatoms. The van der Waals surface area contributed by atoms with Crippen molar-refractivity contribution in [2.75, 3.05) is 19.7 Å². The molecule has 76 valence electrons. The van der Waals surface area contributed by atoms with Crippen molar-refractivity contribution in [1.82, 2.24) is 5.32 Å². The fraction of sp³-hybridized carbons (Fsp3) is 0.500. The van der Waals surface area contributed by atoms with Crippen molar-refractivity contribution in [3.05, 3.63) is 35.4 Å². The van der Waals surface area contributed by atoms with E-state index in [4.69, 9.17) is 0 Å². The summed E-state index contributed by atoms with van der Waals surface area (Å²) in [6.07, 6.45) is 1.03. The number of aliphatic hydroxyl groups excluding tert-OH is 1. The van der Waals surface area contributed by atoms with Crippen LogP contribution in [0.4, 0.5) is 0 Å². The molecule has 2 nitrogen and oxygen atoms in total. The van der Waals surface area contributed by atoms with Crippen LogP contribution in [0.5, 0.6) is 0 Å². The maximum atomic E-state index is 9.50. The molecule has 1 aromatic rings. The van der Waals surface area contributed by atoms with Gasteiger partial charge in [0.15, 0.2) is 0 Å². The highest BCUT2D eigenvalue weighted by atomic mass is 16.3. The van der Waals surface area contributed by atoms with E-state index in [-0.39, 0.29) is 12.0 Å². The molecule has 1 atom stereocenters. The Morgan fingerprint density at radius 1 is 1.36 bits per heavy atom. The van der Waals surface area contributed by atoms with Crippen molar-refractivity contribution >= 4 is 0 Å². The molecule has 1 aliphatic heterocycles. The lowest BCUT2D eigenvalue weighted by atomic mass is 9.80. The number of hydrogen-bond acceptors (Lipinski definition) is 2. The molecule has 0 aromatic heterocycles. The highest BCUT2D eigenvalue weighted by molar-refractivity contribution is 5.30. The number of aryl methyl sites for hydroxylation is 1. The van der Waals surface area contributed by atoms with Gasteiger partial charge in [-0.2, -0.15) is 0 Å². The van der Waals surface area contributed by atoms with Gasteiger partial charge in [0.1, 0.15) is 0 Å². The minimum atomic E-state index is -0.0340. The molecule has 2 N–H and O–H groups in total. The second-order valence-electron chi connectivity index (χ2n) is 4.23. The summed E-state index contributed by atoms with van der Waals surface area (Å²) in [6.45, 7) is 4.23. The Morgan fingerprint density at radius 2 is 2.07 bits per heavy atom. The first-order valence-electron chi connectivity index (χ1n) is 5.16. The van der Waals surface area contributed by atoms with Crippen LogP contribution in [0.25, 0.3) is 0 Å². The van der Waals surface area contributed by atoms with E-state index in [0.29, 0.717) is 0 Å². The van der Waals surface area contributed by atoms with Gasteiger partial charge in [0, 0.05) is 12.0 Å². The molecule has 0 radical (unpaired) electrons. The molecule has 2 rings (SSSR count). The molecule has 0 spiro atoms. The van der Waals surface area contributed by atoms with Crippen molar-refractivity contribution in [2.24, 2.45) is 0 Å². The lowest BCUT2D eigenvalue weighted by Gasteiger charge is -2.26. The average molecular weight is 191 g/mol. The van der Waals surface area contributed by atoms with E-state index in [1.807, 2.05) is 0 Å². The van der Waals surface area contributed by atoms with Crippen LogP contribution in [-0.2, 0) is 5.41 Å². The highest BCUT2D eigenvalue weighted by Crippen LogP contribution is 2.30. The topological polar surface area (TPSA) is 32.3 Å². The molecular weight excluding hydrogens is 174 g/mol. The third-order valence-corrected chi connectivity index (χ3v) is 3.21. The van der Waals surface area contributed by atoms with Gasteiger partial charge >= 0.3 is 0 Å². The highest BCUT2D eigenvalue weighted by Gasteiger charge is 2.34. The molecule has 1 unspecified atom stereocenters. The monoisotopic (exact) mass is 191 g/mol. The zero-order valence-corrected chi connectivity index (χ0v) is 8.59. The first-order chi connectivity index (χ1) is 6.77. The quantitative estimate of drug-likeness (QED) is 0.736. The van der Waals surface area contributed by atoms with Crippen LogP contribution in [0.2, 0.25) is 0 Å². The van der Waals surface area contributed by atoms with Crippen molar-refractivity contribution in [3.8, 4) is 0 Å². The SMILES string of the molecule is Cc1ccc(C2(CO)CCNC2)cc1. The molecule has 0 saturated carbocycles. The van der Waals surface area contributed by atoms with Gasteiger partial charge in [-0.15, -0.1) is 0 Å². The average Bonchev–Trinajstić information content (AvgIpc) is 2.68. The van der Waals surface area contributed by atoms with E-state index >= 15 is 0 Å². The summed E-state index contributed by atoms with van der Waals surface area (Å²) >= 11 is 0. The number of nitrogens with one attached hydrogen (secondary N) is 1. The van der Waals surface area contributed by atoms with E-state index < -0.39 is 0 Å². The van der Waals surface area contributed by atoms with Crippen molar-refractivity contribution < 1.29 is 5.11 Å². The molecular formula is C12H17NO. The minimum Gasteiger partial charge on any atom is -0.395 e. The second kappa shape index (κ2) is 3.71. The molecule has 0 bridgehead atoms. The summed E-state index contributed by atoms with van der Waals surface area (Å²) in [4.78, 5) is 0. The second-order valence-corrected chi connectivity index (χ2v) is 4.23. The molecule has 1 fully saturated rings. The van der Waals surface area contributed by atoms with Crippen LogP contribution >= 0.6 is 0 Å². The van der Waals surface area contributed by atoms with Gasteiger partial charge in [-0.1, -0.05) is 29.8 Å². The number of aliphatic hydroxyl groups is 1. The van der Waals surface area contributed by atoms with E-state index in [0.717, 1.165) is 19.5 Å². The molecule has 1 aliphatic rings. The van der Waals surface area contributed by atoms with Crippen LogP contribution in [-0.4, -0.2) is 24.8 Å². The smallest absolute Gasteiger partial charge is 0.0540 e. The Balaban J connectivity index is 2.31. The van der Waals surface area contributed by atoms with Crippen molar-refractivity contribution in [3.63, 3.8) is 0 Å². The third-order valence-electron chi connectivity index (χ3n) is 3.21. The van der Waals surface area contributed by atoms with Gasteiger partial charge in [-0.3, -0.25) is 0 Å². The lowest BCUT2D eigenvalue weighted by molar-refractivity contribution is 0.205. The van der Waals surface area contributed by atoms with Crippen LogP contribution in [0.15, 0.2) is 24.3 Å². The Labute approximate surface area is 85.0 Å². The summed E-state index contributed by atoms with van der Waals surface area (Å²) in [5, 5.41) is 12.8. The Kier molecular flexibility index (Phi) is 2.57. The maximum absolute atomic E-state index is 9.50. The van der Waals surface area contributed by atoms with Crippen LogP contribution < -0.4 is 5.32 Å². The predicted octanol–water partition coefficient (Wildman–Crippen LogP) is 1.22. The molecule has 1 saturated heterocycles. The summed E-state index contributed by atoms with van der Waals surface area (Å²) in [6, 6.07) is 8.51. The molecule has 1 heterocycles.